The number of nitrogen functional groups attached to an aromatic ring is 1. The number of likely N-dealkylation sites (tertiary alicyclic amines) is 1. The first-order valence-corrected chi connectivity index (χ1v) is 15.8. The van der Waals surface area contributed by atoms with Gasteiger partial charge < -0.3 is 15.8 Å². The Bertz CT molecular complexity index is 1630. The predicted molar refractivity (Wildman–Crippen MR) is 162 cm³/mol. The molecule has 2 amide bonds. The maximum Gasteiger partial charge on any atom is 0.410 e. The van der Waals surface area contributed by atoms with Gasteiger partial charge in [0, 0.05) is 12.1 Å². The molecule has 0 unspecified atom stereocenters. The van der Waals surface area contributed by atoms with Crippen molar-refractivity contribution in [2.45, 2.75) is 62.3 Å². The number of ketones is 2. The second-order valence-electron chi connectivity index (χ2n) is 10.7. The van der Waals surface area contributed by atoms with Gasteiger partial charge in [-0.1, -0.05) is 42.5 Å². The Labute approximate surface area is 255 Å². The molecule has 1 atom stereocenters. The summed E-state index contributed by atoms with van der Waals surface area (Å²) in [6, 6.07) is 14.4. The van der Waals surface area contributed by atoms with Gasteiger partial charge in [0.25, 0.3) is 5.91 Å². The Balaban J connectivity index is 1.34. The number of nitrogens with zero attached hydrogens (tertiary/aromatic N) is 3. The van der Waals surface area contributed by atoms with Crippen LogP contribution in [0.2, 0.25) is 0 Å². The zero-order valence-corrected chi connectivity index (χ0v) is 25.4. The Hall–Kier alpha value is -4.65. The van der Waals surface area contributed by atoms with Gasteiger partial charge in [0.15, 0.2) is 32.9 Å². The number of hydrogen-bond acceptors (Lipinski definition) is 10. The van der Waals surface area contributed by atoms with E-state index in [4.69, 9.17) is 10.5 Å². The molecule has 3 aromatic rings. The van der Waals surface area contributed by atoms with Gasteiger partial charge in [0.1, 0.15) is 6.61 Å². The summed E-state index contributed by atoms with van der Waals surface area (Å²) >= 11 is 0. The number of Topliss-reactive ketones (excluding diaryl/α,β-unsaturated/α-hetero) is 2. The molecule has 1 aromatic heterocycles. The maximum absolute atomic E-state index is 13.0. The van der Waals surface area contributed by atoms with Gasteiger partial charge in [0.2, 0.25) is 0 Å². The predicted octanol–water partition coefficient (Wildman–Crippen LogP) is 3.36. The van der Waals surface area contributed by atoms with Gasteiger partial charge in [-0.25, -0.2) is 23.2 Å². The van der Waals surface area contributed by atoms with Crippen molar-refractivity contribution >= 4 is 39.2 Å². The number of carbonyl (C=O) groups excluding carboxylic acids is 4. The third kappa shape index (κ3) is 7.84. The summed E-state index contributed by atoms with van der Waals surface area (Å²) in [4.78, 5) is 61.1. The summed E-state index contributed by atoms with van der Waals surface area (Å²) in [5.41, 5.74) is 7.25. The van der Waals surface area contributed by atoms with E-state index in [0.29, 0.717) is 18.5 Å². The molecule has 0 bridgehead atoms. The van der Waals surface area contributed by atoms with Gasteiger partial charge in [-0.15, -0.1) is 0 Å². The largest absolute Gasteiger partial charge is 0.445 e. The quantitative estimate of drug-likeness (QED) is 0.302. The fourth-order valence-electron chi connectivity index (χ4n) is 4.72. The third-order valence-corrected chi connectivity index (χ3v) is 9.42. The second kappa shape index (κ2) is 14.2. The highest BCUT2D eigenvalue weighted by atomic mass is 32.2. The first-order chi connectivity index (χ1) is 21.0. The third-order valence-electron chi connectivity index (χ3n) is 7.25. The zero-order valence-electron chi connectivity index (χ0n) is 24.6. The summed E-state index contributed by atoms with van der Waals surface area (Å²) in [5, 5.41) is 1.85. The monoisotopic (exact) mass is 621 g/mol. The van der Waals surface area contributed by atoms with Crippen LogP contribution in [0.5, 0.6) is 0 Å². The lowest BCUT2D eigenvalue weighted by Gasteiger charge is -2.33. The summed E-state index contributed by atoms with van der Waals surface area (Å²) < 4.78 is 30.2. The molecule has 232 valence electrons. The topological polar surface area (TPSA) is 179 Å². The SMILES string of the molecule is CC(C)S(=O)(=O)c1ccc(-c2cnc(N)c(C(=O)NCC(=O)CC(=O)[C@@H]3CCCCN3C(=O)OCc3ccccc3)n2)cc1. The minimum Gasteiger partial charge on any atom is -0.445 e. The van der Waals surface area contributed by atoms with Crippen LogP contribution >= 0.6 is 0 Å². The van der Waals surface area contributed by atoms with E-state index in [1.54, 1.807) is 26.0 Å². The normalized spacial score (nSPS) is 15.1. The number of hydrogen-bond donors (Lipinski definition) is 2. The van der Waals surface area contributed by atoms with E-state index in [-0.39, 0.29) is 28.7 Å². The number of rotatable bonds is 11. The van der Waals surface area contributed by atoms with Gasteiger partial charge in [0.05, 0.1) is 41.0 Å². The summed E-state index contributed by atoms with van der Waals surface area (Å²) in [7, 11) is -3.46. The Kier molecular flexibility index (Phi) is 10.4. The molecule has 13 heteroatoms. The lowest BCUT2D eigenvalue weighted by atomic mass is 9.96. The zero-order chi connectivity index (χ0) is 31.9. The molecule has 0 aliphatic carbocycles. The first-order valence-electron chi connectivity index (χ1n) is 14.2. The van der Waals surface area contributed by atoms with Crippen molar-refractivity contribution in [1.29, 1.82) is 0 Å². The number of nitrogens with one attached hydrogen (secondary N) is 1. The van der Waals surface area contributed by atoms with Crippen molar-refractivity contribution in [2.24, 2.45) is 0 Å². The smallest absolute Gasteiger partial charge is 0.410 e. The van der Waals surface area contributed by atoms with Crippen LogP contribution in [0.15, 0.2) is 65.7 Å². The molecule has 1 saturated heterocycles. The van der Waals surface area contributed by atoms with Crippen LogP contribution in [0.3, 0.4) is 0 Å². The highest BCUT2D eigenvalue weighted by Gasteiger charge is 2.34. The van der Waals surface area contributed by atoms with Crippen LogP contribution in [-0.4, -0.2) is 71.2 Å². The first kappa shape index (κ1) is 32.3. The molecule has 2 heterocycles. The number of anilines is 1. The average Bonchev–Trinajstić information content (AvgIpc) is 3.03. The van der Waals surface area contributed by atoms with Gasteiger partial charge in [-0.3, -0.25) is 19.3 Å². The average molecular weight is 622 g/mol. The van der Waals surface area contributed by atoms with Crippen molar-refractivity contribution in [3.05, 3.63) is 72.1 Å². The molecule has 4 rings (SSSR count). The highest BCUT2D eigenvalue weighted by Crippen LogP contribution is 2.23. The molecule has 1 aliphatic rings. The van der Waals surface area contributed by atoms with Gasteiger partial charge in [-0.05, 0) is 50.8 Å². The molecule has 12 nitrogen and oxygen atoms in total. The molecular formula is C31H35N5O7S. The van der Waals surface area contributed by atoms with E-state index < -0.39 is 57.7 Å². The maximum atomic E-state index is 13.0. The number of nitrogens with two attached hydrogens (primary N) is 1. The molecular weight excluding hydrogens is 586 g/mol. The van der Waals surface area contributed by atoms with Crippen molar-refractivity contribution in [1.82, 2.24) is 20.2 Å². The Morgan fingerprint density at radius 3 is 2.43 bits per heavy atom. The highest BCUT2D eigenvalue weighted by molar-refractivity contribution is 7.92. The summed E-state index contributed by atoms with van der Waals surface area (Å²) in [5.74, 6) is -1.90. The van der Waals surface area contributed by atoms with Crippen molar-refractivity contribution in [3.63, 3.8) is 0 Å². The fraction of sp³-hybridized carbons (Fsp3) is 0.355. The van der Waals surface area contributed by atoms with E-state index in [9.17, 15) is 27.6 Å². The molecule has 3 N–H and O–H groups in total. The van der Waals surface area contributed by atoms with Gasteiger partial charge in [-0.2, -0.15) is 0 Å². The standard InChI is InChI=1S/C31H35N5O7S/c1-20(2)44(41,42)24-13-11-22(12-14-24)25-18-33-29(32)28(35-25)30(39)34-17-23(37)16-27(38)26-10-6-7-15-36(26)31(40)43-19-21-8-4-3-5-9-21/h3-5,8-9,11-14,18,20,26H,6-7,10,15-17,19H2,1-2H3,(H2,32,33)(H,34,39)/t26-/m0/s1. The van der Waals surface area contributed by atoms with Crippen LogP contribution in [0.25, 0.3) is 11.3 Å². The molecule has 0 radical (unpaired) electrons. The van der Waals surface area contributed by atoms with E-state index >= 15 is 0 Å². The van der Waals surface area contributed by atoms with Crippen molar-refractivity contribution < 1.29 is 32.3 Å². The number of sulfone groups is 1. The number of carbonyl (C=O) groups is 4. The molecule has 1 fully saturated rings. The molecule has 44 heavy (non-hydrogen) atoms. The minimum absolute atomic E-state index is 0.0701. The van der Waals surface area contributed by atoms with E-state index in [2.05, 4.69) is 15.3 Å². The Morgan fingerprint density at radius 1 is 1.05 bits per heavy atom. The molecule has 0 saturated carbocycles. The fourth-order valence-corrected chi connectivity index (χ4v) is 5.78. The van der Waals surface area contributed by atoms with Crippen LogP contribution in [0, 0.1) is 0 Å². The number of aromatic nitrogens is 2. The van der Waals surface area contributed by atoms with E-state index in [0.717, 1.165) is 18.4 Å². The molecule has 2 aromatic carbocycles. The van der Waals surface area contributed by atoms with E-state index in [1.807, 2.05) is 30.3 Å². The van der Waals surface area contributed by atoms with E-state index in [1.165, 1.54) is 23.2 Å². The van der Waals surface area contributed by atoms with Gasteiger partial charge >= 0.3 is 6.09 Å². The second-order valence-corrected chi connectivity index (χ2v) is 13.2. The number of piperidine rings is 1. The minimum atomic E-state index is -3.46. The Morgan fingerprint density at radius 2 is 1.75 bits per heavy atom. The van der Waals surface area contributed by atoms with Crippen molar-refractivity contribution in [2.75, 3.05) is 18.8 Å². The van der Waals surface area contributed by atoms with Crippen LogP contribution < -0.4 is 11.1 Å². The number of ether oxygens (including phenoxy) is 1. The number of benzene rings is 2. The van der Waals surface area contributed by atoms with Crippen LogP contribution in [-0.2, 0) is 30.8 Å². The molecule has 0 spiro atoms. The lowest BCUT2D eigenvalue weighted by molar-refractivity contribution is -0.130. The summed E-state index contributed by atoms with van der Waals surface area (Å²) in [6.45, 7) is 3.15. The summed E-state index contributed by atoms with van der Waals surface area (Å²) in [6.07, 6.45) is 2.13. The molecule has 1 aliphatic heterocycles. The number of amides is 2. The lowest BCUT2D eigenvalue weighted by Crippen LogP contribution is -2.49. The van der Waals surface area contributed by atoms with Crippen LogP contribution in [0.1, 0.15) is 55.6 Å². The van der Waals surface area contributed by atoms with Crippen molar-refractivity contribution in [3.8, 4) is 11.3 Å². The van der Waals surface area contributed by atoms with Crippen LogP contribution in [0.4, 0.5) is 10.6 Å².